The molecule has 1 N–H and O–H groups in total. The van der Waals surface area contributed by atoms with Crippen LogP contribution in [0.3, 0.4) is 0 Å². The van der Waals surface area contributed by atoms with Gasteiger partial charge in [0.15, 0.2) is 0 Å². The monoisotopic (exact) mass is 457 g/mol. The Kier molecular flexibility index (Phi) is 9.50. The summed E-state index contributed by atoms with van der Waals surface area (Å²) in [7, 11) is 2.07. The van der Waals surface area contributed by atoms with Gasteiger partial charge < -0.3 is 9.84 Å². The molecule has 0 aromatic heterocycles. The highest BCUT2D eigenvalue weighted by Gasteiger charge is 2.29. The third kappa shape index (κ3) is 5.97. The Morgan fingerprint density at radius 3 is 1.79 bits per heavy atom. The molecule has 3 rings (SSSR count). The van der Waals surface area contributed by atoms with E-state index in [4.69, 9.17) is 4.74 Å². The zero-order chi connectivity index (χ0) is 24.4. The average Bonchev–Trinajstić information content (AvgIpc) is 2.90. The van der Waals surface area contributed by atoms with Gasteiger partial charge in [0.2, 0.25) is 0 Å². The number of rotatable bonds is 12. The van der Waals surface area contributed by atoms with Crippen molar-refractivity contribution in [2.24, 2.45) is 0 Å². The number of aliphatic hydroxyl groups excluding tert-OH is 1. The van der Waals surface area contributed by atoms with E-state index >= 15 is 0 Å². The van der Waals surface area contributed by atoms with Crippen LogP contribution in [0, 0.1) is 0 Å². The summed E-state index contributed by atoms with van der Waals surface area (Å²) in [6.07, 6.45) is 2.78. The number of aliphatic hydroxyl groups is 1. The molecule has 0 amide bonds. The first kappa shape index (κ1) is 25.7. The molecule has 34 heavy (non-hydrogen) atoms. The Bertz CT molecular complexity index is 1010. The van der Waals surface area contributed by atoms with E-state index in [1.54, 1.807) is 0 Å². The predicted molar refractivity (Wildman–Crippen MR) is 144 cm³/mol. The fraction of sp³-hybridized carbons (Fsp3) is 0.355. The molecule has 3 aromatic rings. The van der Waals surface area contributed by atoms with Crippen LogP contribution in [0.15, 0.2) is 84.9 Å². The molecule has 0 heterocycles. The number of benzene rings is 3. The van der Waals surface area contributed by atoms with Gasteiger partial charge in [-0.3, -0.25) is 4.90 Å². The molecule has 0 unspecified atom stereocenters. The van der Waals surface area contributed by atoms with E-state index in [0.29, 0.717) is 6.61 Å². The summed E-state index contributed by atoms with van der Waals surface area (Å²) in [5, 5.41) is 9.90. The minimum absolute atomic E-state index is 0.168. The van der Waals surface area contributed by atoms with Crippen molar-refractivity contribution >= 4 is 11.1 Å². The number of hydrogen-bond acceptors (Lipinski definition) is 3. The zero-order valence-corrected chi connectivity index (χ0v) is 21.1. The van der Waals surface area contributed by atoms with E-state index in [1.807, 2.05) is 0 Å². The highest BCUT2D eigenvalue weighted by Crippen LogP contribution is 2.35. The van der Waals surface area contributed by atoms with Gasteiger partial charge >= 0.3 is 0 Å². The molecule has 3 nitrogen and oxygen atoms in total. The van der Waals surface area contributed by atoms with Gasteiger partial charge in [-0.15, -0.1) is 0 Å². The van der Waals surface area contributed by atoms with Crippen molar-refractivity contribution in [3.05, 3.63) is 102 Å². The van der Waals surface area contributed by atoms with Gasteiger partial charge in [-0.05, 0) is 66.3 Å². The number of nitrogens with zero attached hydrogens (tertiary/aromatic N) is 1. The maximum Gasteiger partial charge on any atom is 0.119 e. The Labute approximate surface area is 205 Å². The van der Waals surface area contributed by atoms with E-state index < -0.39 is 0 Å². The molecule has 0 aliphatic carbocycles. The van der Waals surface area contributed by atoms with E-state index in [9.17, 15) is 5.11 Å². The predicted octanol–water partition coefficient (Wildman–Crippen LogP) is 6.92. The lowest BCUT2D eigenvalue weighted by atomic mass is 9.88. The molecule has 0 radical (unpaired) electrons. The average molecular weight is 458 g/mol. The van der Waals surface area contributed by atoms with Crippen LogP contribution in [-0.4, -0.2) is 42.4 Å². The highest BCUT2D eigenvalue weighted by molar-refractivity contribution is 5.98. The van der Waals surface area contributed by atoms with E-state index in [2.05, 4.69) is 118 Å². The number of allylic oxidation sites excluding steroid dienone is 1. The molecule has 0 fully saturated rings. The minimum atomic E-state index is -0.170. The molecule has 3 heteroatoms. The van der Waals surface area contributed by atoms with Gasteiger partial charge in [0, 0.05) is 12.1 Å². The second-order valence-corrected chi connectivity index (χ2v) is 8.82. The minimum Gasteiger partial charge on any atom is -0.492 e. The summed E-state index contributed by atoms with van der Waals surface area (Å²) in [5.74, 6) is 0.866. The maximum absolute atomic E-state index is 9.90. The Hall–Kier alpha value is -2.88. The molecule has 180 valence electrons. The van der Waals surface area contributed by atoms with Crippen LogP contribution in [0.5, 0.6) is 5.75 Å². The number of ether oxygens (including phenoxy) is 1. The van der Waals surface area contributed by atoms with Crippen LogP contribution in [0.1, 0.15) is 56.7 Å². The van der Waals surface area contributed by atoms with Gasteiger partial charge in [-0.2, -0.15) is 0 Å². The number of likely N-dealkylation sites (N-methyl/N-ethyl adjacent to an activating group) is 1. The topological polar surface area (TPSA) is 32.7 Å². The van der Waals surface area contributed by atoms with Gasteiger partial charge in [-0.25, -0.2) is 0 Å². The molecule has 0 aliphatic heterocycles. The molecular weight excluding hydrogens is 418 g/mol. The van der Waals surface area contributed by atoms with E-state index in [0.717, 1.165) is 31.6 Å². The second kappa shape index (κ2) is 12.5. The standard InChI is InChI=1S/C31H39NO2/c1-5-29(25-14-10-8-11-15-25)30(26-16-12-9-13-17-26)27-18-20-28(21-19-27)34-23-22-32(4)31(6-2,7-3)24-33/h8-21,33H,5-7,22-24H2,1-4H3/b30-29-. The first-order valence-electron chi connectivity index (χ1n) is 12.5. The van der Waals surface area contributed by atoms with Gasteiger partial charge in [0.1, 0.15) is 12.4 Å². The largest absolute Gasteiger partial charge is 0.492 e. The molecule has 3 aromatic carbocycles. The number of hydrogen-bond donors (Lipinski definition) is 1. The molecule has 0 spiro atoms. The lowest BCUT2D eigenvalue weighted by molar-refractivity contribution is 0.0334. The summed E-state index contributed by atoms with van der Waals surface area (Å²) < 4.78 is 6.08. The molecule has 0 saturated heterocycles. The zero-order valence-electron chi connectivity index (χ0n) is 21.1. The fourth-order valence-electron chi connectivity index (χ4n) is 4.67. The van der Waals surface area contributed by atoms with Crippen LogP contribution in [-0.2, 0) is 0 Å². The fourth-order valence-corrected chi connectivity index (χ4v) is 4.67. The quantitative estimate of drug-likeness (QED) is 0.300. The van der Waals surface area contributed by atoms with Crippen molar-refractivity contribution < 1.29 is 9.84 Å². The smallest absolute Gasteiger partial charge is 0.119 e. The van der Waals surface area contributed by atoms with Crippen molar-refractivity contribution in [2.45, 2.75) is 45.6 Å². The summed E-state index contributed by atoms with van der Waals surface area (Å²) in [6.45, 7) is 8.01. The van der Waals surface area contributed by atoms with Crippen molar-refractivity contribution in [1.82, 2.24) is 4.90 Å². The normalized spacial score (nSPS) is 12.5. The summed E-state index contributed by atoms with van der Waals surface area (Å²) >= 11 is 0. The third-order valence-corrected chi connectivity index (χ3v) is 7.10. The molecule has 0 bridgehead atoms. The first-order valence-corrected chi connectivity index (χ1v) is 12.5. The van der Waals surface area contributed by atoms with Gasteiger partial charge in [0.25, 0.3) is 0 Å². The van der Waals surface area contributed by atoms with Crippen LogP contribution in [0.4, 0.5) is 0 Å². The Morgan fingerprint density at radius 1 is 0.765 bits per heavy atom. The Morgan fingerprint density at radius 2 is 1.29 bits per heavy atom. The summed E-state index contributed by atoms with van der Waals surface area (Å²) in [6, 6.07) is 29.7. The second-order valence-electron chi connectivity index (χ2n) is 8.82. The van der Waals surface area contributed by atoms with E-state index in [-0.39, 0.29) is 12.1 Å². The first-order chi connectivity index (χ1) is 16.6. The van der Waals surface area contributed by atoms with Crippen molar-refractivity contribution in [3.63, 3.8) is 0 Å². The van der Waals surface area contributed by atoms with Crippen LogP contribution < -0.4 is 4.74 Å². The van der Waals surface area contributed by atoms with Crippen molar-refractivity contribution in [1.29, 1.82) is 0 Å². The molecule has 0 atom stereocenters. The highest BCUT2D eigenvalue weighted by atomic mass is 16.5. The van der Waals surface area contributed by atoms with Crippen molar-refractivity contribution in [3.8, 4) is 5.75 Å². The maximum atomic E-state index is 9.90. The van der Waals surface area contributed by atoms with Crippen LogP contribution in [0.25, 0.3) is 11.1 Å². The molecular formula is C31H39NO2. The Balaban J connectivity index is 1.82. The third-order valence-electron chi connectivity index (χ3n) is 7.10. The van der Waals surface area contributed by atoms with E-state index in [1.165, 1.54) is 27.8 Å². The molecule has 0 saturated carbocycles. The van der Waals surface area contributed by atoms with Gasteiger partial charge in [-0.1, -0.05) is 93.6 Å². The molecule has 0 aliphatic rings. The van der Waals surface area contributed by atoms with Crippen molar-refractivity contribution in [2.75, 3.05) is 26.8 Å². The van der Waals surface area contributed by atoms with Gasteiger partial charge in [0.05, 0.1) is 6.61 Å². The van der Waals surface area contributed by atoms with Crippen LogP contribution >= 0.6 is 0 Å². The van der Waals surface area contributed by atoms with Crippen LogP contribution in [0.2, 0.25) is 0 Å². The summed E-state index contributed by atoms with van der Waals surface area (Å²) in [4.78, 5) is 2.23. The lowest BCUT2D eigenvalue weighted by Crippen LogP contribution is -2.50. The SMILES string of the molecule is CC/C(=C(\c1ccccc1)c1ccc(OCCN(C)C(CC)(CC)CO)cc1)c1ccccc1. The lowest BCUT2D eigenvalue weighted by Gasteiger charge is -2.39. The summed E-state index contributed by atoms with van der Waals surface area (Å²) in [5.41, 5.74) is 6.09.